The number of rotatable bonds is 3. The number of benzene rings is 1. The van der Waals surface area contributed by atoms with Gasteiger partial charge in [0.05, 0.1) is 34.6 Å². The average Bonchev–Trinajstić information content (AvgIpc) is 2.83. The topological polar surface area (TPSA) is 76.6 Å². The number of carbonyl (C=O) groups is 2. The maximum atomic E-state index is 12.5. The average molecular weight is 385 g/mol. The number of quaternary nitrogens is 1. The van der Waals surface area contributed by atoms with Crippen LogP contribution < -0.4 is 16.0 Å². The molecule has 2 amide bonds. The van der Waals surface area contributed by atoms with E-state index in [4.69, 9.17) is 28.9 Å². The van der Waals surface area contributed by atoms with Crippen LogP contribution in [0, 0.1) is 0 Å². The minimum absolute atomic E-state index is 0.256. The fourth-order valence-electron chi connectivity index (χ4n) is 2.81. The molecule has 126 valence electrons. The number of nitrogens with one attached hydrogen (secondary N) is 2. The van der Waals surface area contributed by atoms with Gasteiger partial charge in [0.1, 0.15) is 11.5 Å². The Labute approximate surface area is 153 Å². The molecule has 0 saturated carbocycles. The first-order chi connectivity index (χ1) is 11.4. The minimum atomic E-state index is -0.524. The Morgan fingerprint density at radius 3 is 2.75 bits per heavy atom. The second-order valence-electron chi connectivity index (χ2n) is 5.78. The number of primary amides is 1. The van der Waals surface area contributed by atoms with Gasteiger partial charge in [0.25, 0.3) is 11.8 Å². The first kappa shape index (κ1) is 17.2. The summed E-state index contributed by atoms with van der Waals surface area (Å²) in [6, 6.07) is 4.65. The lowest BCUT2D eigenvalue weighted by atomic mass is 10.0. The summed E-state index contributed by atoms with van der Waals surface area (Å²) in [7, 11) is 2.10. The zero-order valence-electron chi connectivity index (χ0n) is 12.9. The number of halogens is 2. The van der Waals surface area contributed by atoms with E-state index in [1.807, 2.05) is 0 Å². The van der Waals surface area contributed by atoms with Gasteiger partial charge in [0.2, 0.25) is 0 Å². The van der Waals surface area contributed by atoms with Crippen molar-refractivity contribution in [2.45, 2.75) is 13.0 Å². The molecule has 0 fully saturated rings. The maximum absolute atomic E-state index is 12.5. The highest BCUT2D eigenvalue weighted by Gasteiger charge is 2.28. The van der Waals surface area contributed by atoms with Crippen LogP contribution in [-0.2, 0) is 13.0 Å². The van der Waals surface area contributed by atoms with E-state index in [1.54, 1.807) is 12.1 Å². The molecule has 0 aliphatic carbocycles. The number of carbonyl (C=O) groups excluding carboxylic acids is 2. The summed E-state index contributed by atoms with van der Waals surface area (Å²) < 4.78 is 0. The second kappa shape index (κ2) is 6.72. The molecule has 0 radical (unpaired) electrons. The van der Waals surface area contributed by atoms with Gasteiger partial charge in [-0.2, -0.15) is 0 Å². The molecule has 8 heteroatoms. The molecule has 1 aliphatic heterocycles. The Bertz CT molecular complexity index is 835. The van der Waals surface area contributed by atoms with Crippen molar-refractivity contribution in [3.63, 3.8) is 0 Å². The van der Waals surface area contributed by atoms with Crippen molar-refractivity contribution in [1.82, 2.24) is 0 Å². The van der Waals surface area contributed by atoms with Gasteiger partial charge in [0, 0.05) is 11.4 Å². The number of nitrogens with two attached hydrogens (primary N) is 1. The number of hydrogen-bond donors (Lipinski definition) is 3. The maximum Gasteiger partial charge on any atom is 0.257 e. The summed E-state index contributed by atoms with van der Waals surface area (Å²) in [6.07, 6.45) is 0.771. The number of fused-ring (bicyclic) bond motifs is 1. The van der Waals surface area contributed by atoms with E-state index in [0.29, 0.717) is 21.2 Å². The zero-order valence-corrected chi connectivity index (χ0v) is 15.2. The number of amides is 2. The van der Waals surface area contributed by atoms with Crippen LogP contribution in [0.2, 0.25) is 10.0 Å². The minimum Gasteiger partial charge on any atom is -0.365 e. The van der Waals surface area contributed by atoms with E-state index in [9.17, 15) is 9.59 Å². The molecule has 5 nitrogen and oxygen atoms in total. The fourth-order valence-corrected chi connectivity index (χ4v) is 4.67. The van der Waals surface area contributed by atoms with Crippen molar-refractivity contribution in [1.29, 1.82) is 0 Å². The second-order valence-corrected chi connectivity index (χ2v) is 7.73. The van der Waals surface area contributed by atoms with Crippen LogP contribution in [-0.4, -0.2) is 25.4 Å². The standard InChI is InChI=1S/C16H15Cl2N3O2S/c1-21-5-4-10-12(7-21)24-16(13(10)14(19)22)20-15(23)9-3-2-8(17)6-11(9)18/h2-3,6H,4-5,7H2,1H3,(H2,19,22)(H,20,23)/p+1. The number of hydrogen-bond acceptors (Lipinski definition) is 3. The van der Waals surface area contributed by atoms with E-state index in [-0.39, 0.29) is 5.02 Å². The summed E-state index contributed by atoms with van der Waals surface area (Å²) in [5.74, 6) is -0.914. The molecule has 1 atom stereocenters. The summed E-state index contributed by atoms with van der Waals surface area (Å²) >= 11 is 13.3. The van der Waals surface area contributed by atoms with Gasteiger partial charge in [-0.25, -0.2) is 0 Å². The van der Waals surface area contributed by atoms with Gasteiger partial charge in [-0.3, -0.25) is 9.59 Å². The molecule has 0 saturated heterocycles. The molecular weight excluding hydrogens is 369 g/mol. The van der Waals surface area contributed by atoms with E-state index in [2.05, 4.69) is 12.4 Å². The SMILES string of the molecule is C[NH+]1CCc2c(sc(NC(=O)c3ccc(Cl)cc3Cl)c2C(N)=O)C1. The number of likely N-dealkylation sites (N-methyl/N-ethyl adjacent to an activating group) is 1. The highest BCUT2D eigenvalue weighted by Crippen LogP contribution is 2.35. The summed E-state index contributed by atoms with van der Waals surface area (Å²) in [4.78, 5) is 26.8. The third kappa shape index (κ3) is 3.28. The largest absolute Gasteiger partial charge is 0.365 e. The summed E-state index contributed by atoms with van der Waals surface area (Å²) in [5, 5.41) is 3.97. The van der Waals surface area contributed by atoms with E-state index >= 15 is 0 Å². The van der Waals surface area contributed by atoms with Crippen LogP contribution in [0.15, 0.2) is 18.2 Å². The van der Waals surface area contributed by atoms with Crippen LogP contribution in [0.25, 0.3) is 0 Å². The molecule has 1 aliphatic rings. The molecule has 1 unspecified atom stereocenters. The molecule has 3 rings (SSSR count). The fraction of sp³-hybridized carbons (Fsp3) is 0.250. The third-order valence-corrected chi connectivity index (χ3v) is 5.70. The van der Waals surface area contributed by atoms with Crippen molar-refractivity contribution in [2.75, 3.05) is 18.9 Å². The van der Waals surface area contributed by atoms with Crippen molar-refractivity contribution >= 4 is 51.4 Å². The predicted molar refractivity (Wildman–Crippen MR) is 96.4 cm³/mol. The van der Waals surface area contributed by atoms with Gasteiger partial charge < -0.3 is 16.0 Å². The van der Waals surface area contributed by atoms with Gasteiger partial charge in [-0.15, -0.1) is 11.3 Å². The van der Waals surface area contributed by atoms with Crippen molar-refractivity contribution in [3.05, 3.63) is 49.8 Å². The van der Waals surface area contributed by atoms with Crippen molar-refractivity contribution < 1.29 is 14.5 Å². The van der Waals surface area contributed by atoms with Gasteiger partial charge in [0.15, 0.2) is 0 Å². The van der Waals surface area contributed by atoms with E-state index in [1.165, 1.54) is 22.3 Å². The number of anilines is 1. The predicted octanol–water partition coefficient (Wildman–Crippen LogP) is 1.98. The molecule has 24 heavy (non-hydrogen) atoms. The first-order valence-electron chi connectivity index (χ1n) is 7.39. The number of thiophene rings is 1. The monoisotopic (exact) mass is 384 g/mol. The Kier molecular flexibility index (Phi) is 4.83. The molecule has 2 aromatic rings. The van der Waals surface area contributed by atoms with Crippen LogP contribution in [0.5, 0.6) is 0 Å². The van der Waals surface area contributed by atoms with Gasteiger partial charge in [-0.05, 0) is 23.8 Å². The molecular formula is C16H16Cl2N3O2S+. The van der Waals surface area contributed by atoms with Crippen molar-refractivity contribution in [2.24, 2.45) is 5.73 Å². The highest BCUT2D eigenvalue weighted by molar-refractivity contribution is 7.17. The van der Waals surface area contributed by atoms with E-state index < -0.39 is 11.8 Å². The Balaban J connectivity index is 1.95. The van der Waals surface area contributed by atoms with E-state index in [0.717, 1.165) is 30.0 Å². The Morgan fingerprint density at radius 2 is 2.08 bits per heavy atom. The molecule has 0 bridgehead atoms. The van der Waals surface area contributed by atoms with Crippen LogP contribution >= 0.6 is 34.5 Å². The lowest BCUT2D eigenvalue weighted by Crippen LogP contribution is -3.08. The zero-order chi connectivity index (χ0) is 17.4. The quantitative estimate of drug-likeness (QED) is 0.756. The molecule has 4 N–H and O–H groups in total. The van der Waals surface area contributed by atoms with Gasteiger partial charge >= 0.3 is 0 Å². The lowest BCUT2D eigenvalue weighted by Gasteiger charge is -2.19. The van der Waals surface area contributed by atoms with Crippen LogP contribution in [0.4, 0.5) is 5.00 Å². The Morgan fingerprint density at radius 1 is 1.33 bits per heavy atom. The van der Waals surface area contributed by atoms with Gasteiger partial charge in [-0.1, -0.05) is 23.2 Å². The lowest BCUT2D eigenvalue weighted by molar-refractivity contribution is -0.895. The normalized spacial score (nSPS) is 16.5. The smallest absolute Gasteiger partial charge is 0.257 e. The molecule has 2 heterocycles. The van der Waals surface area contributed by atoms with Crippen molar-refractivity contribution in [3.8, 4) is 0 Å². The molecule has 0 spiro atoms. The Hall–Kier alpha value is -1.60. The molecule has 1 aromatic heterocycles. The summed E-state index contributed by atoms with van der Waals surface area (Å²) in [6.45, 7) is 1.75. The first-order valence-corrected chi connectivity index (χ1v) is 8.96. The highest BCUT2D eigenvalue weighted by atomic mass is 35.5. The van der Waals surface area contributed by atoms with Crippen LogP contribution in [0.1, 0.15) is 31.2 Å². The third-order valence-electron chi connectivity index (χ3n) is 4.00. The molecule has 1 aromatic carbocycles. The summed E-state index contributed by atoms with van der Waals surface area (Å²) in [5.41, 5.74) is 7.22. The van der Waals surface area contributed by atoms with Crippen LogP contribution in [0.3, 0.4) is 0 Å².